The molecule has 3 aromatic rings. The lowest BCUT2D eigenvalue weighted by molar-refractivity contribution is 0.0843. The first kappa shape index (κ1) is 19.1. The van der Waals surface area contributed by atoms with Gasteiger partial charge in [-0.3, -0.25) is 25.2 Å². The molecule has 0 aliphatic rings. The summed E-state index contributed by atoms with van der Waals surface area (Å²) in [5.41, 5.74) is 5.72. The molecule has 0 spiro atoms. The molecular weight excluding hydrogens is 360 g/mol. The highest BCUT2D eigenvalue weighted by atomic mass is 16.5. The molecule has 2 amide bonds. The highest BCUT2D eigenvalue weighted by Crippen LogP contribution is 2.18. The number of amides is 2. The zero-order valence-electron chi connectivity index (χ0n) is 15.8. The van der Waals surface area contributed by atoms with E-state index in [4.69, 9.17) is 4.74 Å². The Labute approximate surface area is 161 Å². The molecule has 28 heavy (non-hydrogen) atoms. The molecule has 8 heteroatoms. The molecule has 0 radical (unpaired) electrons. The summed E-state index contributed by atoms with van der Waals surface area (Å²) in [4.78, 5) is 37.3. The Morgan fingerprint density at radius 2 is 1.75 bits per heavy atom. The second kappa shape index (κ2) is 7.91. The molecule has 0 aliphatic heterocycles. The van der Waals surface area contributed by atoms with Gasteiger partial charge in [-0.25, -0.2) is 4.68 Å². The number of nitrogens with one attached hydrogen (secondary N) is 2. The van der Waals surface area contributed by atoms with Crippen molar-refractivity contribution >= 4 is 22.6 Å². The number of benzene rings is 2. The molecule has 0 unspecified atom stereocenters. The predicted molar refractivity (Wildman–Crippen MR) is 104 cm³/mol. The minimum atomic E-state index is -0.620. The number of hydrogen-bond donors (Lipinski definition) is 2. The number of hydrazine groups is 1. The van der Waals surface area contributed by atoms with Crippen LogP contribution in [-0.4, -0.2) is 28.7 Å². The van der Waals surface area contributed by atoms with Crippen molar-refractivity contribution in [3.8, 4) is 5.75 Å². The van der Waals surface area contributed by atoms with Gasteiger partial charge in [-0.15, -0.1) is 0 Å². The Bertz CT molecular complexity index is 1120. The van der Waals surface area contributed by atoms with Gasteiger partial charge in [0.15, 0.2) is 5.69 Å². The maximum atomic E-state index is 12.6. The monoisotopic (exact) mass is 380 g/mol. The van der Waals surface area contributed by atoms with E-state index in [1.165, 1.54) is 11.8 Å². The van der Waals surface area contributed by atoms with E-state index in [9.17, 15) is 14.4 Å². The lowest BCUT2D eigenvalue weighted by Gasteiger charge is -2.11. The third kappa shape index (κ3) is 3.57. The minimum Gasteiger partial charge on any atom is -0.496 e. The summed E-state index contributed by atoms with van der Waals surface area (Å²) in [6, 6.07) is 11.7. The molecule has 3 rings (SSSR count). The van der Waals surface area contributed by atoms with Crippen molar-refractivity contribution in [3.63, 3.8) is 0 Å². The van der Waals surface area contributed by atoms with Crippen molar-refractivity contribution in [2.45, 2.75) is 20.4 Å². The molecule has 0 fully saturated rings. The van der Waals surface area contributed by atoms with E-state index < -0.39 is 11.8 Å². The summed E-state index contributed by atoms with van der Waals surface area (Å²) in [6.07, 6.45) is 0. The summed E-state index contributed by atoms with van der Waals surface area (Å²) < 4.78 is 6.42. The molecule has 0 bridgehead atoms. The third-order valence-electron chi connectivity index (χ3n) is 4.34. The van der Waals surface area contributed by atoms with Gasteiger partial charge in [-0.1, -0.05) is 24.3 Å². The average molecular weight is 380 g/mol. The molecule has 8 nitrogen and oxygen atoms in total. The van der Waals surface area contributed by atoms with E-state index in [-0.39, 0.29) is 11.3 Å². The predicted octanol–water partition coefficient (Wildman–Crippen LogP) is 1.81. The van der Waals surface area contributed by atoms with Crippen molar-refractivity contribution < 1.29 is 14.3 Å². The molecule has 2 aromatic carbocycles. The molecular formula is C20H20N4O4. The van der Waals surface area contributed by atoms with Gasteiger partial charge in [0.25, 0.3) is 17.4 Å². The Balaban J connectivity index is 1.85. The molecule has 0 saturated heterocycles. The standard InChI is InChI=1S/C20H20N4O4/c1-4-24-20(27)15-8-6-5-7-14(15)17(23-24)19(26)22-21-18(25)13-10-9-12(2)16(11-13)28-3/h5-11H,4H2,1-3H3,(H,21,25)(H,22,26). The largest absolute Gasteiger partial charge is 0.496 e. The topological polar surface area (TPSA) is 102 Å². The molecule has 0 atom stereocenters. The number of carbonyl (C=O) groups excluding carboxylic acids is 2. The van der Waals surface area contributed by atoms with E-state index in [1.54, 1.807) is 49.4 Å². The van der Waals surface area contributed by atoms with Crippen molar-refractivity contribution in [1.82, 2.24) is 20.6 Å². The number of aromatic nitrogens is 2. The van der Waals surface area contributed by atoms with Crippen molar-refractivity contribution in [2.24, 2.45) is 0 Å². The van der Waals surface area contributed by atoms with Gasteiger partial charge in [0, 0.05) is 17.5 Å². The number of hydrogen-bond acceptors (Lipinski definition) is 5. The number of carbonyl (C=O) groups is 2. The lowest BCUT2D eigenvalue weighted by atomic mass is 10.1. The molecule has 144 valence electrons. The molecule has 0 saturated carbocycles. The highest BCUT2D eigenvalue weighted by molar-refractivity contribution is 6.06. The average Bonchev–Trinajstić information content (AvgIpc) is 2.72. The van der Waals surface area contributed by atoms with E-state index in [0.717, 1.165) is 5.56 Å². The first-order valence-electron chi connectivity index (χ1n) is 8.71. The van der Waals surface area contributed by atoms with Crippen molar-refractivity contribution in [1.29, 1.82) is 0 Å². The van der Waals surface area contributed by atoms with Crippen LogP contribution in [0.15, 0.2) is 47.3 Å². The Hall–Kier alpha value is -3.68. The summed E-state index contributed by atoms with van der Waals surface area (Å²) >= 11 is 0. The fraction of sp³-hybridized carbons (Fsp3) is 0.200. The SMILES string of the molecule is CCn1nc(C(=O)NNC(=O)c2ccc(C)c(OC)c2)c2ccccc2c1=O. The third-order valence-corrected chi connectivity index (χ3v) is 4.34. The van der Waals surface area contributed by atoms with Crippen LogP contribution in [0.3, 0.4) is 0 Å². The van der Waals surface area contributed by atoms with Gasteiger partial charge < -0.3 is 4.74 Å². The van der Waals surface area contributed by atoms with Gasteiger partial charge in [0.1, 0.15) is 5.75 Å². The fourth-order valence-electron chi connectivity index (χ4n) is 2.82. The number of nitrogens with zero attached hydrogens (tertiary/aromatic N) is 2. The number of aryl methyl sites for hydroxylation is 2. The molecule has 1 aromatic heterocycles. The second-order valence-corrected chi connectivity index (χ2v) is 6.11. The maximum absolute atomic E-state index is 12.6. The summed E-state index contributed by atoms with van der Waals surface area (Å²) in [5, 5.41) is 4.93. The Morgan fingerprint density at radius 3 is 2.43 bits per heavy atom. The van der Waals surface area contributed by atoms with E-state index in [2.05, 4.69) is 16.0 Å². The first-order chi connectivity index (χ1) is 13.5. The van der Waals surface area contributed by atoms with Crippen LogP contribution in [0.4, 0.5) is 0 Å². The van der Waals surface area contributed by atoms with E-state index in [0.29, 0.717) is 28.6 Å². The first-order valence-corrected chi connectivity index (χ1v) is 8.71. The smallest absolute Gasteiger partial charge is 0.290 e. The summed E-state index contributed by atoms with van der Waals surface area (Å²) in [6.45, 7) is 3.94. The fourth-order valence-corrected chi connectivity index (χ4v) is 2.82. The van der Waals surface area contributed by atoms with Gasteiger partial charge in [0.05, 0.1) is 12.5 Å². The van der Waals surface area contributed by atoms with Gasteiger partial charge in [-0.05, 0) is 37.6 Å². The number of fused-ring (bicyclic) bond motifs is 1. The van der Waals surface area contributed by atoms with E-state index >= 15 is 0 Å². The lowest BCUT2D eigenvalue weighted by Crippen LogP contribution is -2.42. The summed E-state index contributed by atoms with van der Waals surface area (Å²) in [5.74, 6) is -0.549. The van der Waals surface area contributed by atoms with Crippen LogP contribution in [-0.2, 0) is 6.54 Å². The number of rotatable bonds is 4. The maximum Gasteiger partial charge on any atom is 0.290 e. The summed E-state index contributed by atoms with van der Waals surface area (Å²) in [7, 11) is 1.52. The van der Waals surface area contributed by atoms with Crippen molar-refractivity contribution in [2.75, 3.05) is 7.11 Å². The molecule has 0 aliphatic carbocycles. The Kier molecular flexibility index (Phi) is 5.39. The van der Waals surface area contributed by atoms with Crippen LogP contribution in [0.2, 0.25) is 0 Å². The highest BCUT2D eigenvalue weighted by Gasteiger charge is 2.17. The number of methoxy groups -OCH3 is 1. The van der Waals surface area contributed by atoms with Crippen LogP contribution in [0.5, 0.6) is 5.75 Å². The van der Waals surface area contributed by atoms with Crippen LogP contribution < -0.4 is 21.1 Å². The van der Waals surface area contributed by atoms with Crippen LogP contribution in [0, 0.1) is 6.92 Å². The number of ether oxygens (including phenoxy) is 1. The van der Waals surface area contributed by atoms with Gasteiger partial charge in [-0.2, -0.15) is 5.10 Å². The van der Waals surface area contributed by atoms with E-state index in [1.807, 2.05) is 6.92 Å². The second-order valence-electron chi connectivity index (χ2n) is 6.11. The van der Waals surface area contributed by atoms with Crippen LogP contribution >= 0.6 is 0 Å². The van der Waals surface area contributed by atoms with Gasteiger partial charge >= 0.3 is 0 Å². The van der Waals surface area contributed by atoms with Crippen LogP contribution in [0.1, 0.15) is 33.3 Å². The van der Waals surface area contributed by atoms with Gasteiger partial charge in [0.2, 0.25) is 0 Å². The molecule has 1 heterocycles. The minimum absolute atomic E-state index is 0.0545. The van der Waals surface area contributed by atoms with Crippen LogP contribution in [0.25, 0.3) is 10.8 Å². The zero-order chi connectivity index (χ0) is 20.3. The normalized spacial score (nSPS) is 10.5. The Morgan fingerprint density at radius 1 is 1.07 bits per heavy atom. The molecule has 2 N–H and O–H groups in total. The van der Waals surface area contributed by atoms with Crippen molar-refractivity contribution in [3.05, 3.63) is 69.6 Å². The quantitative estimate of drug-likeness (QED) is 0.672. The zero-order valence-corrected chi connectivity index (χ0v) is 15.8.